The fraction of sp³-hybridized carbons (Fsp3) is 0.312. The van der Waals surface area contributed by atoms with E-state index >= 15 is 0 Å². The Morgan fingerprint density at radius 1 is 0.568 bits per heavy atom. The van der Waals surface area contributed by atoms with Gasteiger partial charge in [0.15, 0.2) is 0 Å². The monoisotopic (exact) mass is 602 g/mol. The van der Waals surface area contributed by atoms with E-state index in [1.807, 2.05) is 0 Å². The van der Waals surface area contributed by atoms with Crippen molar-refractivity contribution in [3.05, 3.63) is 109 Å². The molecule has 1 aliphatic rings. The second-order valence-electron chi connectivity index (χ2n) is 10.7. The summed E-state index contributed by atoms with van der Waals surface area (Å²) >= 11 is 2.33. The van der Waals surface area contributed by atoms with Crippen molar-refractivity contribution < 1.29 is 57.7 Å². The smallest absolute Gasteiger partial charge is 1.00 e. The average molecular weight is 604 g/mol. The molecule has 0 unspecified atom stereocenters. The minimum atomic E-state index is -2.52. The Labute approximate surface area is 256 Å². The third-order valence-corrected chi connectivity index (χ3v) is 12.7. The maximum Gasteiger partial charge on any atom is -1.00 e. The van der Waals surface area contributed by atoms with E-state index in [2.05, 4.69) is 136 Å². The molecule has 1 aliphatic carbocycles. The first-order valence-electron chi connectivity index (χ1n) is 12.4. The molecule has 194 valence electrons. The van der Waals surface area contributed by atoms with Crippen LogP contribution >= 0.6 is 0 Å². The molecule has 4 rings (SSSR count). The van der Waals surface area contributed by atoms with E-state index in [-0.39, 0.29) is 37.2 Å². The van der Waals surface area contributed by atoms with Crippen molar-refractivity contribution in [3.63, 3.8) is 0 Å². The molecule has 0 spiro atoms. The molecule has 3 aromatic rings. The van der Waals surface area contributed by atoms with Gasteiger partial charge in [-0.1, -0.05) is 0 Å². The van der Waals surface area contributed by atoms with Gasteiger partial charge in [-0.15, -0.1) is 0 Å². The Morgan fingerprint density at radius 2 is 0.865 bits per heavy atom. The van der Waals surface area contributed by atoms with E-state index in [9.17, 15) is 0 Å². The summed E-state index contributed by atoms with van der Waals surface area (Å²) < 4.78 is 1.47. The van der Waals surface area contributed by atoms with Crippen molar-refractivity contribution in [2.24, 2.45) is 5.92 Å². The molecule has 37 heavy (non-hydrogen) atoms. The number of rotatable bonds is 5. The van der Waals surface area contributed by atoms with E-state index in [0.29, 0.717) is 5.92 Å². The molecular weight excluding hydrogens is 567 g/mol. The third kappa shape index (κ3) is 6.57. The summed E-state index contributed by atoms with van der Waals surface area (Å²) in [7, 11) is -2.52. The van der Waals surface area contributed by atoms with E-state index < -0.39 is 8.07 Å². The van der Waals surface area contributed by atoms with Gasteiger partial charge in [-0.05, 0) is 0 Å². The molecule has 0 N–H and O–H groups in total. The Hall–Kier alpha value is -1.06. The van der Waals surface area contributed by atoms with Crippen LogP contribution < -0.4 is 52.8 Å². The van der Waals surface area contributed by atoms with Gasteiger partial charge in [0.25, 0.3) is 0 Å². The van der Waals surface area contributed by atoms with Crippen LogP contribution in [0.2, 0.25) is 0 Å². The summed E-state index contributed by atoms with van der Waals surface area (Å²) in [6.45, 7) is 18.3. The van der Waals surface area contributed by atoms with E-state index in [0.717, 1.165) is 6.42 Å². The normalized spacial score (nSPS) is 13.1. The van der Waals surface area contributed by atoms with Crippen LogP contribution in [-0.2, 0) is 20.4 Å². The van der Waals surface area contributed by atoms with Crippen LogP contribution in [0, 0.1) is 47.5 Å². The molecule has 0 aliphatic heterocycles. The molecule has 0 bridgehead atoms. The molecule has 5 heteroatoms. The largest absolute Gasteiger partial charge is 1.00 e. The van der Waals surface area contributed by atoms with Crippen molar-refractivity contribution >= 4 is 23.6 Å². The predicted octanol–water partition coefficient (Wildman–Crippen LogP) is -2.65. The first-order chi connectivity index (χ1) is 16.0. The molecule has 0 fully saturated rings. The Morgan fingerprint density at radius 3 is 1.14 bits per heavy atom. The zero-order valence-electron chi connectivity index (χ0n) is 23.2. The van der Waals surface area contributed by atoms with Gasteiger partial charge in [0.1, 0.15) is 0 Å². The standard InChI is InChI=1S/C32H37Si.3ClH.Ti/c1-21(2)31-10-9-11-32(31)33(28-15-22(3)12-23(4)16-28,29-17-24(5)13-25(6)18-29)30-19-26(7)14-27(8)20-30;;;;/h9,12-21H,11H2,1-8H3;3*1H;/q;;;;+3/p-3. The summed E-state index contributed by atoms with van der Waals surface area (Å²) in [5.74, 6) is 0.503. The molecule has 0 atom stereocenters. The van der Waals surface area contributed by atoms with Gasteiger partial charge in [0.05, 0.1) is 0 Å². The Bertz CT molecular complexity index is 1150. The van der Waals surface area contributed by atoms with E-state index in [1.54, 1.807) is 10.8 Å². The number of halogens is 3. The minimum Gasteiger partial charge on any atom is -1.00 e. The Kier molecular flexibility index (Phi) is 12.2. The molecule has 0 saturated heterocycles. The topological polar surface area (TPSA) is 0 Å². The van der Waals surface area contributed by atoms with Gasteiger partial charge in [0, 0.05) is 0 Å². The van der Waals surface area contributed by atoms with Crippen molar-refractivity contribution in [3.8, 4) is 0 Å². The molecule has 0 aromatic heterocycles. The van der Waals surface area contributed by atoms with Crippen LogP contribution in [0.1, 0.15) is 53.6 Å². The molecule has 3 aromatic carbocycles. The van der Waals surface area contributed by atoms with Crippen molar-refractivity contribution in [2.45, 2.75) is 61.8 Å². The van der Waals surface area contributed by atoms with Gasteiger partial charge < -0.3 is 37.2 Å². The van der Waals surface area contributed by atoms with E-state index in [1.165, 1.54) is 52.8 Å². The van der Waals surface area contributed by atoms with Crippen LogP contribution in [0.3, 0.4) is 0 Å². The van der Waals surface area contributed by atoms with Crippen molar-refractivity contribution in [1.82, 2.24) is 0 Å². The molecule has 0 nitrogen and oxygen atoms in total. The number of hydrogen-bond donors (Lipinski definition) is 0. The molecule has 0 radical (unpaired) electrons. The SMILES string of the molecule is Cc1cc(C)cc([Si](C2=C(C(C)C)[C]([Ti+3])=CC2)(c2cc(C)cc(C)c2)c2cc(C)cc(C)c2)c1.[Cl-].[Cl-].[Cl-]. The van der Waals surface area contributed by atoms with Gasteiger partial charge in [0.2, 0.25) is 0 Å². The maximum atomic E-state index is 2.49. The summed E-state index contributed by atoms with van der Waals surface area (Å²) in [5, 5.41) is 6.25. The number of allylic oxidation sites excluding steroid dienone is 4. The zero-order valence-corrected chi connectivity index (χ0v) is 28.0. The molecular formula is C32H37Cl3SiTi. The number of hydrogen-bond acceptors (Lipinski definition) is 0. The fourth-order valence-electron chi connectivity index (χ4n) is 6.20. The van der Waals surface area contributed by atoms with Crippen LogP contribution in [-0.4, -0.2) is 8.07 Å². The van der Waals surface area contributed by atoms with Gasteiger partial charge >= 0.3 is 220 Å². The first-order valence-corrected chi connectivity index (χ1v) is 15.2. The third-order valence-electron chi connectivity index (χ3n) is 7.12. The first kappa shape index (κ1) is 34.0. The second kappa shape index (κ2) is 13.3. The van der Waals surface area contributed by atoms with Crippen LogP contribution in [0.5, 0.6) is 0 Å². The summed E-state index contributed by atoms with van der Waals surface area (Å²) in [6, 6.07) is 21.9. The summed E-state index contributed by atoms with van der Waals surface area (Å²) in [5.41, 5.74) is 9.73. The van der Waals surface area contributed by atoms with Crippen molar-refractivity contribution in [1.29, 1.82) is 0 Å². The molecule has 0 heterocycles. The minimum absolute atomic E-state index is 0. The van der Waals surface area contributed by atoms with Gasteiger partial charge in [-0.25, -0.2) is 0 Å². The summed E-state index contributed by atoms with van der Waals surface area (Å²) in [4.78, 5) is 0. The second-order valence-corrected chi connectivity index (χ2v) is 15.4. The van der Waals surface area contributed by atoms with Gasteiger partial charge in [-0.3, -0.25) is 0 Å². The zero-order chi connectivity index (χ0) is 24.8. The quantitative estimate of drug-likeness (QED) is 0.221. The Balaban J connectivity index is 0.00000228. The fourth-order valence-corrected chi connectivity index (χ4v) is 13.2. The van der Waals surface area contributed by atoms with Gasteiger partial charge in [-0.2, -0.15) is 0 Å². The maximum absolute atomic E-state index is 2.52. The number of aryl methyl sites for hydroxylation is 6. The average Bonchev–Trinajstić information content (AvgIpc) is 3.08. The van der Waals surface area contributed by atoms with Crippen LogP contribution in [0.15, 0.2) is 75.3 Å². The molecule has 0 saturated carbocycles. The van der Waals surface area contributed by atoms with Crippen molar-refractivity contribution in [2.75, 3.05) is 0 Å². The van der Waals surface area contributed by atoms with E-state index in [4.69, 9.17) is 0 Å². The number of benzene rings is 3. The summed E-state index contributed by atoms with van der Waals surface area (Å²) in [6.07, 6.45) is 3.54. The molecule has 0 amide bonds. The van der Waals surface area contributed by atoms with Crippen LogP contribution in [0.25, 0.3) is 0 Å². The van der Waals surface area contributed by atoms with Crippen LogP contribution in [0.4, 0.5) is 0 Å². The predicted molar refractivity (Wildman–Crippen MR) is 147 cm³/mol.